The molecule has 108 valence electrons. The van der Waals surface area contributed by atoms with E-state index < -0.39 is 38.3 Å². The van der Waals surface area contributed by atoms with Crippen molar-refractivity contribution in [2.45, 2.75) is 24.3 Å². The van der Waals surface area contributed by atoms with Gasteiger partial charge in [0.15, 0.2) is 5.82 Å². The van der Waals surface area contributed by atoms with Gasteiger partial charge in [-0.25, -0.2) is 22.3 Å². The molecule has 0 bridgehead atoms. The van der Waals surface area contributed by atoms with Gasteiger partial charge < -0.3 is 5.11 Å². The zero-order chi connectivity index (χ0) is 15.5. The Morgan fingerprint density at radius 2 is 2.20 bits per heavy atom. The van der Waals surface area contributed by atoms with Crippen LogP contribution in [0, 0.1) is 17.1 Å². The number of nitrogens with one attached hydrogen (secondary N) is 1. The Bertz CT molecular complexity index is 684. The van der Waals surface area contributed by atoms with Crippen molar-refractivity contribution < 1.29 is 22.7 Å². The van der Waals surface area contributed by atoms with Crippen LogP contribution >= 0.6 is 11.6 Å². The van der Waals surface area contributed by atoms with Crippen LogP contribution < -0.4 is 4.72 Å². The quantitative estimate of drug-likeness (QED) is 0.859. The monoisotopic (exact) mass is 320 g/mol. The van der Waals surface area contributed by atoms with Crippen molar-refractivity contribution in [3.63, 3.8) is 0 Å². The Balaban J connectivity index is 3.33. The molecule has 9 heteroatoms. The van der Waals surface area contributed by atoms with Gasteiger partial charge in [-0.1, -0.05) is 11.6 Å². The lowest BCUT2D eigenvalue weighted by molar-refractivity contribution is 0.0691. The SMILES string of the molecule is CC(CC#N)NS(=O)(=O)c1cc(Cl)cc(C(=O)O)c1F. The number of carboxylic acids is 1. The maximum absolute atomic E-state index is 13.9. The molecule has 0 fully saturated rings. The summed E-state index contributed by atoms with van der Waals surface area (Å²) < 4.78 is 39.9. The topological polar surface area (TPSA) is 107 Å². The molecule has 0 amide bonds. The third-order valence-electron chi connectivity index (χ3n) is 2.28. The molecule has 0 aliphatic rings. The lowest BCUT2D eigenvalue weighted by Crippen LogP contribution is -2.33. The Kier molecular flexibility index (Phi) is 5.05. The zero-order valence-electron chi connectivity index (χ0n) is 10.2. The van der Waals surface area contributed by atoms with Crippen LogP contribution in [0.2, 0.25) is 5.02 Å². The Morgan fingerprint density at radius 3 is 2.70 bits per heavy atom. The van der Waals surface area contributed by atoms with E-state index in [1.807, 2.05) is 0 Å². The summed E-state index contributed by atoms with van der Waals surface area (Å²) in [5, 5.41) is 17.0. The Hall–Kier alpha value is -1.69. The van der Waals surface area contributed by atoms with E-state index in [2.05, 4.69) is 4.72 Å². The van der Waals surface area contributed by atoms with Crippen molar-refractivity contribution in [2.75, 3.05) is 0 Å². The fourth-order valence-electron chi connectivity index (χ4n) is 1.42. The van der Waals surface area contributed by atoms with Gasteiger partial charge in [0.25, 0.3) is 0 Å². The van der Waals surface area contributed by atoms with Gasteiger partial charge in [-0.15, -0.1) is 0 Å². The molecule has 1 atom stereocenters. The van der Waals surface area contributed by atoms with Crippen LogP contribution in [0.4, 0.5) is 4.39 Å². The van der Waals surface area contributed by atoms with E-state index >= 15 is 0 Å². The van der Waals surface area contributed by atoms with Crippen LogP contribution in [0.5, 0.6) is 0 Å². The second-order valence-electron chi connectivity index (χ2n) is 3.96. The minimum absolute atomic E-state index is 0.118. The summed E-state index contributed by atoms with van der Waals surface area (Å²) in [6.45, 7) is 1.42. The molecule has 1 rings (SSSR count). The maximum atomic E-state index is 13.9. The van der Waals surface area contributed by atoms with Crippen molar-refractivity contribution in [2.24, 2.45) is 0 Å². The van der Waals surface area contributed by atoms with Gasteiger partial charge in [0.05, 0.1) is 18.1 Å². The predicted molar refractivity (Wildman–Crippen MR) is 68.4 cm³/mol. The molecule has 6 nitrogen and oxygen atoms in total. The number of sulfonamides is 1. The standard InChI is InChI=1S/C11H10ClFN2O4S/c1-6(2-3-14)15-20(18,19)9-5-7(12)4-8(10(9)13)11(16)17/h4-6,15H,2H2,1H3,(H,16,17). The summed E-state index contributed by atoms with van der Waals surface area (Å²) in [7, 11) is -4.31. The van der Waals surface area contributed by atoms with E-state index in [4.69, 9.17) is 22.0 Å². The van der Waals surface area contributed by atoms with E-state index in [1.54, 1.807) is 6.07 Å². The van der Waals surface area contributed by atoms with Crippen molar-refractivity contribution >= 4 is 27.6 Å². The Morgan fingerprint density at radius 1 is 1.60 bits per heavy atom. The molecule has 1 unspecified atom stereocenters. The summed E-state index contributed by atoms with van der Waals surface area (Å²) in [5.74, 6) is -3.04. The van der Waals surface area contributed by atoms with Crippen molar-refractivity contribution in [3.05, 3.63) is 28.5 Å². The van der Waals surface area contributed by atoms with Crippen molar-refractivity contribution in [1.29, 1.82) is 5.26 Å². The van der Waals surface area contributed by atoms with Crippen LogP contribution in [0.15, 0.2) is 17.0 Å². The molecule has 2 N–H and O–H groups in total. The highest BCUT2D eigenvalue weighted by Crippen LogP contribution is 2.24. The van der Waals surface area contributed by atoms with Gasteiger partial charge in [-0.2, -0.15) is 5.26 Å². The number of aromatic carboxylic acids is 1. The van der Waals surface area contributed by atoms with E-state index in [0.29, 0.717) is 0 Å². The van der Waals surface area contributed by atoms with Gasteiger partial charge in [-0.05, 0) is 19.1 Å². The van der Waals surface area contributed by atoms with E-state index in [-0.39, 0.29) is 11.4 Å². The molecular formula is C11H10ClFN2O4S. The fourth-order valence-corrected chi connectivity index (χ4v) is 3.07. The molecule has 1 aromatic rings. The smallest absolute Gasteiger partial charge is 0.338 e. The normalized spacial score (nSPS) is 12.7. The number of hydrogen-bond donors (Lipinski definition) is 2. The van der Waals surface area contributed by atoms with Gasteiger partial charge in [-0.3, -0.25) is 0 Å². The lowest BCUT2D eigenvalue weighted by Gasteiger charge is -2.13. The summed E-state index contributed by atoms with van der Waals surface area (Å²) >= 11 is 5.60. The molecule has 0 heterocycles. The number of halogens is 2. The highest BCUT2D eigenvalue weighted by molar-refractivity contribution is 7.89. The average Bonchev–Trinajstić information content (AvgIpc) is 2.30. The number of carbonyl (C=O) groups is 1. The van der Waals surface area contributed by atoms with E-state index in [1.165, 1.54) is 6.92 Å². The van der Waals surface area contributed by atoms with E-state index in [9.17, 15) is 17.6 Å². The largest absolute Gasteiger partial charge is 0.478 e. The third kappa shape index (κ3) is 3.66. The maximum Gasteiger partial charge on any atom is 0.338 e. The number of nitrogens with zero attached hydrogens (tertiary/aromatic N) is 1. The number of benzene rings is 1. The third-order valence-corrected chi connectivity index (χ3v) is 4.08. The Labute approximate surface area is 119 Å². The van der Waals surface area contributed by atoms with Crippen LogP contribution in [0.1, 0.15) is 23.7 Å². The van der Waals surface area contributed by atoms with Gasteiger partial charge >= 0.3 is 5.97 Å². The predicted octanol–water partition coefficient (Wildman–Crippen LogP) is 1.76. The van der Waals surface area contributed by atoms with Crippen LogP contribution in [0.25, 0.3) is 0 Å². The first-order valence-corrected chi connectivity index (χ1v) is 7.16. The number of carboxylic acid groups (broad SMARTS) is 1. The number of rotatable bonds is 5. The highest BCUT2D eigenvalue weighted by Gasteiger charge is 2.26. The summed E-state index contributed by atoms with van der Waals surface area (Å²) in [5.41, 5.74) is -0.842. The molecule has 0 aromatic heterocycles. The molecule has 1 aromatic carbocycles. The minimum atomic E-state index is -4.31. The number of nitriles is 1. The van der Waals surface area contributed by atoms with Gasteiger partial charge in [0.1, 0.15) is 4.90 Å². The molecule has 0 aliphatic heterocycles. The summed E-state index contributed by atoms with van der Waals surface area (Å²) in [4.78, 5) is 9.95. The van der Waals surface area contributed by atoms with Gasteiger partial charge in [0, 0.05) is 11.1 Å². The van der Waals surface area contributed by atoms with Crippen LogP contribution in [0.3, 0.4) is 0 Å². The summed E-state index contributed by atoms with van der Waals surface area (Å²) in [6.07, 6.45) is -0.118. The lowest BCUT2D eigenvalue weighted by atomic mass is 10.2. The van der Waals surface area contributed by atoms with Crippen LogP contribution in [-0.4, -0.2) is 25.5 Å². The van der Waals surface area contributed by atoms with Crippen LogP contribution in [-0.2, 0) is 10.0 Å². The van der Waals surface area contributed by atoms with Gasteiger partial charge in [0.2, 0.25) is 10.0 Å². The fraction of sp³-hybridized carbons (Fsp3) is 0.273. The zero-order valence-corrected chi connectivity index (χ0v) is 11.8. The highest BCUT2D eigenvalue weighted by atomic mass is 35.5. The molecule has 0 saturated carbocycles. The number of hydrogen-bond acceptors (Lipinski definition) is 4. The van der Waals surface area contributed by atoms with Crippen molar-refractivity contribution in [3.8, 4) is 6.07 Å². The van der Waals surface area contributed by atoms with Crippen molar-refractivity contribution in [1.82, 2.24) is 4.72 Å². The molecule has 0 aliphatic carbocycles. The van der Waals surface area contributed by atoms with E-state index in [0.717, 1.165) is 12.1 Å². The molecule has 20 heavy (non-hydrogen) atoms. The first-order valence-electron chi connectivity index (χ1n) is 5.30. The molecular weight excluding hydrogens is 311 g/mol. The second kappa shape index (κ2) is 6.17. The molecule has 0 spiro atoms. The summed E-state index contributed by atoms with van der Waals surface area (Å²) in [6, 6.07) is 2.63. The molecule has 0 radical (unpaired) electrons. The second-order valence-corrected chi connectivity index (χ2v) is 6.07. The first-order chi connectivity index (χ1) is 9.19. The molecule has 0 saturated heterocycles. The minimum Gasteiger partial charge on any atom is -0.478 e. The average molecular weight is 321 g/mol. The first kappa shape index (κ1) is 16.4.